The number of hydrogen-bond donors (Lipinski definition) is 2. The molecule has 0 bridgehead atoms. The van der Waals surface area contributed by atoms with E-state index in [4.69, 9.17) is 25.8 Å². The van der Waals surface area contributed by atoms with Gasteiger partial charge in [0.1, 0.15) is 35.5 Å². The monoisotopic (exact) mass is 640 g/mol. The molecule has 2 N–H and O–H groups in total. The number of fused-ring (bicyclic) bond motifs is 1. The Morgan fingerprint density at radius 1 is 0.956 bits per heavy atom. The third kappa shape index (κ3) is 8.06. The van der Waals surface area contributed by atoms with Crippen LogP contribution in [0.5, 0.6) is 5.75 Å². The van der Waals surface area contributed by atoms with E-state index in [-0.39, 0.29) is 34.2 Å². The van der Waals surface area contributed by atoms with Crippen LogP contribution in [-0.4, -0.2) is 66.5 Å². The van der Waals surface area contributed by atoms with Crippen molar-refractivity contribution >= 4 is 58.3 Å². The molecule has 0 spiro atoms. The highest BCUT2D eigenvalue weighted by Gasteiger charge is 2.35. The van der Waals surface area contributed by atoms with Crippen molar-refractivity contribution in [2.24, 2.45) is 0 Å². The largest absolute Gasteiger partial charge is 0.497 e. The van der Waals surface area contributed by atoms with Crippen molar-refractivity contribution in [3.8, 4) is 5.75 Å². The lowest BCUT2D eigenvalue weighted by atomic mass is 10.2. The summed E-state index contributed by atoms with van der Waals surface area (Å²) in [6.45, 7) is 9.55. The standard InChI is InChI=1S/C29H33ClN8O7/c1-28(2,3)44-26(41)38(27(42)45-29(4,5)6)24-21-23(31-15-32-24)36(16-33-21)14-20(39)35-37-12-11-19(30)22(37)25(40)34-17-9-8-10-18(13-17)43-7/h8-13,15-16H,14H2,1-7H3,(H,34,40)(H,35,39). The summed E-state index contributed by atoms with van der Waals surface area (Å²) in [5.74, 6) is -0.805. The summed E-state index contributed by atoms with van der Waals surface area (Å²) in [5, 5.41) is 2.82. The van der Waals surface area contributed by atoms with Crippen LogP contribution in [0.25, 0.3) is 11.2 Å². The van der Waals surface area contributed by atoms with E-state index in [1.807, 2.05) is 0 Å². The van der Waals surface area contributed by atoms with E-state index >= 15 is 0 Å². The lowest BCUT2D eigenvalue weighted by molar-refractivity contribution is -0.117. The molecule has 0 aliphatic carbocycles. The summed E-state index contributed by atoms with van der Waals surface area (Å²) in [7, 11) is 1.51. The Balaban J connectivity index is 1.58. The minimum absolute atomic E-state index is 0.0155. The number of rotatable bonds is 7. The number of nitrogens with zero attached hydrogens (tertiary/aromatic N) is 6. The van der Waals surface area contributed by atoms with Crippen molar-refractivity contribution in [2.75, 3.05) is 22.8 Å². The van der Waals surface area contributed by atoms with Gasteiger partial charge in [-0.1, -0.05) is 17.7 Å². The Labute approximate surface area is 263 Å². The predicted octanol–water partition coefficient (Wildman–Crippen LogP) is 4.99. The average molecular weight is 641 g/mol. The van der Waals surface area contributed by atoms with Crippen molar-refractivity contribution in [3.63, 3.8) is 0 Å². The molecule has 238 valence electrons. The number of aromatic nitrogens is 5. The zero-order chi connectivity index (χ0) is 33.1. The quantitative estimate of drug-likeness (QED) is 0.280. The second-order valence-electron chi connectivity index (χ2n) is 11.6. The zero-order valence-corrected chi connectivity index (χ0v) is 26.5. The zero-order valence-electron chi connectivity index (χ0n) is 25.7. The Hall–Kier alpha value is -5.18. The fraction of sp³-hybridized carbons (Fsp3) is 0.345. The topological polar surface area (TPSA) is 172 Å². The summed E-state index contributed by atoms with van der Waals surface area (Å²) in [4.78, 5) is 65.7. The first kappa shape index (κ1) is 32.7. The number of halogens is 1. The highest BCUT2D eigenvalue weighted by Crippen LogP contribution is 2.26. The number of imidazole rings is 1. The number of amides is 4. The highest BCUT2D eigenvalue weighted by atomic mass is 35.5. The molecule has 0 unspecified atom stereocenters. The number of anilines is 2. The molecule has 0 aliphatic heterocycles. The fourth-order valence-electron chi connectivity index (χ4n) is 3.95. The lowest BCUT2D eigenvalue weighted by Gasteiger charge is -2.28. The molecule has 16 heteroatoms. The van der Waals surface area contributed by atoms with Crippen LogP contribution in [0.3, 0.4) is 0 Å². The van der Waals surface area contributed by atoms with Gasteiger partial charge in [0.25, 0.3) is 11.8 Å². The summed E-state index contributed by atoms with van der Waals surface area (Å²) in [6, 6.07) is 8.20. The normalized spacial score (nSPS) is 11.6. The number of carbonyl (C=O) groups excluding carboxylic acids is 4. The SMILES string of the molecule is COc1cccc(NC(=O)c2c(Cl)ccn2NC(=O)Cn2cnc3c(N(C(=O)OC(C)(C)C)C(=O)OC(C)(C)C)ncnc32)c1. The van der Waals surface area contributed by atoms with Crippen LogP contribution < -0.4 is 20.4 Å². The van der Waals surface area contributed by atoms with Crippen molar-refractivity contribution in [3.05, 3.63) is 59.9 Å². The molecule has 1 aromatic carbocycles. The first-order chi connectivity index (χ1) is 21.1. The minimum Gasteiger partial charge on any atom is -0.497 e. The number of nitrogens with one attached hydrogen (secondary N) is 2. The first-order valence-corrected chi connectivity index (χ1v) is 14.0. The van der Waals surface area contributed by atoms with Crippen LogP contribution in [0.15, 0.2) is 49.2 Å². The summed E-state index contributed by atoms with van der Waals surface area (Å²) in [5.41, 5.74) is 1.34. The molecule has 45 heavy (non-hydrogen) atoms. The molecule has 4 aromatic rings. The second-order valence-corrected chi connectivity index (χ2v) is 12.0. The van der Waals surface area contributed by atoms with Crippen LogP contribution >= 0.6 is 11.6 Å². The number of benzene rings is 1. The Morgan fingerprint density at radius 2 is 1.62 bits per heavy atom. The van der Waals surface area contributed by atoms with E-state index in [1.54, 1.807) is 65.8 Å². The summed E-state index contributed by atoms with van der Waals surface area (Å²) < 4.78 is 18.6. The molecule has 3 aromatic heterocycles. The van der Waals surface area contributed by atoms with Crippen LogP contribution in [0, 0.1) is 0 Å². The van der Waals surface area contributed by atoms with Crippen molar-refractivity contribution in [1.29, 1.82) is 0 Å². The van der Waals surface area contributed by atoms with E-state index in [1.165, 1.54) is 34.9 Å². The molecule has 15 nitrogen and oxygen atoms in total. The van der Waals surface area contributed by atoms with E-state index in [0.29, 0.717) is 16.3 Å². The number of imide groups is 1. The molecule has 0 radical (unpaired) electrons. The van der Waals surface area contributed by atoms with Gasteiger partial charge in [0.15, 0.2) is 17.0 Å². The summed E-state index contributed by atoms with van der Waals surface area (Å²) >= 11 is 6.28. The maximum Gasteiger partial charge on any atom is 0.425 e. The van der Waals surface area contributed by atoms with Crippen molar-refractivity contribution in [2.45, 2.75) is 59.3 Å². The van der Waals surface area contributed by atoms with Crippen LogP contribution in [0.4, 0.5) is 21.1 Å². The molecular formula is C29H33ClN8O7. The Bertz CT molecular complexity index is 1730. The molecule has 0 atom stereocenters. The van der Waals surface area contributed by atoms with Crippen molar-refractivity contribution in [1.82, 2.24) is 24.2 Å². The third-order valence-electron chi connectivity index (χ3n) is 5.68. The van der Waals surface area contributed by atoms with Gasteiger partial charge in [-0.15, -0.1) is 0 Å². The molecule has 0 saturated heterocycles. The van der Waals surface area contributed by atoms with Gasteiger partial charge in [-0.3, -0.25) is 19.7 Å². The van der Waals surface area contributed by atoms with Gasteiger partial charge in [0.05, 0.1) is 18.5 Å². The molecule has 0 saturated carbocycles. The molecular weight excluding hydrogens is 608 g/mol. The van der Waals surface area contributed by atoms with Gasteiger partial charge < -0.3 is 24.1 Å². The average Bonchev–Trinajstić information content (AvgIpc) is 3.50. The molecule has 4 rings (SSSR count). The molecule has 4 amide bonds. The van der Waals surface area contributed by atoms with E-state index in [0.717, 1.165) is 6.33 Å². The Morgan fingerprint density at radius 3 is 2.24 bits per heavy atom. The molecule has 0 aliphatic rings. The molecule has 3 heterocycles. The van der Waals surface area contributed by atoms with Crippen LogP contribution in [-0.2, 0) is 20.8 Å². The van der Waals surface area contributed by atoms with Gasteiger partial charge in [-0.05, 0) is 59.7 Å². The third-order valence-corrected chi connectivity index (χ3v) is 5.99. The van der Waals surface area contributed by atoms with Crippen LogP contribution in [0.1, 0.15) is 52.0 Å². The predicted molar refractivity (Wildman–Crippen MR) is 165 cm³/mol. The van der Waals surface area contributed by atoms with E-state index in [2.05, 4.69) is 25.7 Å². The van der Waals surface area contributed by atoms with Crippen LogP contribution in [0.2, 0.25) is 5.02 Å². The van der Waals surface area contributed by atoms with Gasteiger partial charge in [-0.25, -0.2) is 24.5 Å². The minimum atomic E-state index is -1.03. The maximum absolute atomic E-state index is 13.1. The van der Waals surface area contributed by atoms with E-state index < -0.39 is 35.2 Å². The van der Waals surface area contributed by atoms with E-state index in [9.17, 15) is 19.2 Å². The molecule has 0 fully saturated rings. The lowest BCUT2D eigenvalue weighted by Crippen LogP contribution is -2.44. The number of carbonyl (C=O) groups is 4. The van der Waals surface area contributed by atoms with Crippen molar-refractivity contribution < 1.29 is 33.4 Å². The number of hydrogen-bond acceptors (Lipinski definition) is 10. The highest BCUT2D eigenvalue weighted by molar-refractivity contribution is 6.34. The van der Waals surface area contributed by atoms with Gasteiger partial charge in [-0.2, -0.15) is 4.90 Å². The first-order valence-electron chi connectivity index (χ1n) is 13.6. The summed E-state index contributed by atoms with van der Waals surface area (Å²) in [6.07, 6.45) is 1.76. The maximum atomic E-state index is 13.1. The number of methoxy groups -OCH3 is 1. The Kier molecular flexibility index (Phi) is 9.32. The second kappa shape index (κ2) is 12.8. The smallest absolute Gasteiger partial charge is 0.425 e. The number of ether oxygens (including phenoxy) is 3. The van der Waals surface area contributed by atoms with Gasteiger partial charge in [0.2, 0.25) is 0 Å². The van der Waals surface area contributed by atoms with Gasteiger partial charge in [0, 0.05) is 18.0 Å². The fourth-order valence-corrected chi connectivity index (χ4v) is 4.18. The van der Waals surface area contributed by atoms with Gasteiger partial charge >= 0.3 is 12.2 Å².